The number of hydrogen-bond acceptors (Lipinski definition) is 4. The Morgan fingerprint density at radius 3 is 2.34 bits per heavy atom. The zero-order chi connectivity index (χ0) is 23.0. The molecule has 168 valence electrons. The summed E-state index contributed by atoms with van der Waals surface area (Å²) < 4.78 is 50.7. The quantitative estimate of drug-likeness (QED) is 0.466. The summed E-state index contributed by atoms with van der Waals surface area (Å²) in [7, 11) is 3.22. The van der Waals surface area contributed by atoms with E-state index in [1.54, 1.807) is 28.0 Å². The van der Waals surface area contributed by atoms with Crippen molar-refractivity contribution >= 4 is 11.0 Å². The van der Waals surface area contributed by atoms with Crippen LogP contribution in [0.25, 0.3) is 16.7 Å². The number of methoxy groups -OCH3 is 1. The van der Waals surface area contributed by atoms with Crippen LogP contribution < -0.4 is 10.1 Å². The average Bonchev–Trinajstić information content (AvgIpc) is 3.24. The molecular formula is C23H24F3N5O. The van der Waals surface area contributed by atoms with E-state index in [-0.39, 0.29) is 12.1 Å². The third-order valence-corrected chi connectivity index (χ3v) is 5.61. The summed E-state index contributed by atoms with van der Waals surface area (Å²) >= 11 is 0. The molecule has 0 aliphatic rings. The van der Waals surface area contributed by atoms with Crippen LogP contribution in [0, 0.1) is 13.8 Å². The fraction of sp³-hybridized carbons (Fsp3) is 0.304. The second-order valence-electron chi connectivity index (χ2n) is 7.61. The number of para-hydroxylation sites is 2. The van der Waals surface area contributed by atoms with Crippen LogP contribution in [0.15, 0.2) is 48.5 Å². The summed E-state index contributed by atoms with van der Waals surface area (Å²) in [5.41, 5.74) is 3.27. The van der Waals surface area contributed by atoms with Crippen LogP contribution in [0.3, 0.4) is 0 Å². The average molecular weight is 443 g/mol. The Bertz CT molecular complexity index is 1240. The number of imidazole rings is 1. The van der Waals surface area contributed by atoms with Gasteiger partial charge in [0, 0.05) is 24.0 Å². The lowest BCUT2D eigenvalue weighted by atomic mass is 10.0. The SMILES string of the molecule is COc1ccc(-n2c(CN[C@@H](c3c(C)nn(C)c3C)C(F)(F)F)nc3ccccc32)cc1. The van der Waals surface area contributed by atoms with Gasteiger partial charge in [-0.1, -0.05) is 12.1 Å². The van der Waals surface area contributed by atoms with Crippen molar-refractivity contribution in [3.63, 3.8) is 0 Å². The van der Waals surface area contributed by atoms with Crippen LogP contribution in [-0.4, -0.2) is 32.6 Å². The molecular weight excluding hydrogens is 419 g/mol. The molecule has 0 saturated carbocycles. The van der Waals surface area contributed by atoms with Crippen molar-refractivity contribution in [3.8, 4) is 11.4 Å². The van der Waals surface area contributed by atoms with Crippen LogP contribution in [0.1, 0.15) is 28.8 Å². The third-order valence-electron chi connectivity index (χ3n) is 5.61. The maximum atomic E-state index is 14.0. The molecule has 1 atom stereocenters. The zero-order valence-electron chi connectivity index (χ0n) is 18.2. The van der Waals surface area contributed by atoms with Gasteiger partial charge >= 0.3 is 6.18 Å². The molecule has 4 aromatic rings. The molecule has 0 fully saturated rings. The van der Waals surface area contributed by atoms with Crippen LogP contribution in [0.5, 0.6) is 5.75 Å². The Hall–Kier alpha value is -3.33. The molecule has 2 aromatic carbocycles. The predicted octanol–water partition coefficient (Wildman–Crippen LogP) is 4.78. The smallest absolute Gasteiger partial charge is 0.408 e. The van der Waals surface area contributed by atoms with Gasteiger partial charge in [0.25, 0.3) is 0 Å². The zero-order valence-corrected chi connectivity index (χ0v) is 18.2. The number of hydrogen-bond donors (Lipinski definition) is 1. The molecule has 0 radical (unpaired) electrons. The standard InChI is InChI=1S/C23H24F3N5O/c1-14-21(15(2)30(3)29-14)22(23(24,25)26)27-13-20-28-18-7-5-6-8-19(18)31(20)16-9-11-17(32-4)12-10-16/h5-12,22,27H,13H2,1-4H3/t22-/m0/s1. The van der Waals surface area contributed by atoms with E-state index in [1.165, 1.54) is 4.68 Å². The number of rotatable bonds is 6. The van der Waals surface area contributed by atoms with E-state index in [2.05, 4.69) is 15.4 Å². The Balaban J connectivity index is 1.75. The lowest BCUT2D eigenvalue weighted by Gasteiger charge is -2.22. The Labute approximate surface area is 183 Å². The molecule has 9 heteroatoms. The topological polar surface area (TPSA) is 56.9 Å². The monoisotopic (exact) mass is 443 g/mol. The Kier molecular flexibility index (Phi) is 5.68. The molecule has 32 heavy (non-hydrogen) atoms. The van der Waals surface area contributed by atoms with E-state index in [1.807, 2.05) is 53.1 Å². The van der Waals surface area contributed by atoms with Crippen LogP contribution in [0.2, 0.25) is 0 Å². The van der Waals surface area contributed by atoms with Crippen molar-refractivity contribution in [2.24, 2.45) is 7.05 Å². The highest BCUT2D eigenvalue weighted by Gasteiger charge is 2.43. The largest absolute Gasteiger partial charge is 0.497 e. The molecule has 0 aliphatic heterocycles. The van der Waals surface area contributed by atoms with E-state index in [0.717, 1.165) is 11.2 Å². The molecule has 1 N–H and O–H groups in total. The van der Waals surface area contributed by atoms with Gasteiger partial charge in [0.15, 0.2) is 0 Å². The first-order valence-corrected chi connectivity index (χ1v) is 10.1. The van der Waals surface area contributed by atoms with E-state index in [0.29, 0.717) is 28.5 Å². The first kappa shape index (κ1) is 21.9. The van der Waals surface area contributed by atoms with Crippen molar-refractivity contribution in [1.82, 2.24) is 24.6 Å². The maximum Gasteiger partial charge on any atom is 0.408 e. The van der Waals surface area contributed by atoms with Gasteiger partial charge in [0.2, 0.25) is 0 Å². The maximum absolute atomic E-state index is 14.0. The summed E-state index contributed by atoms with van der Waals surface area (Å²) in [6.07, 6.45) is -4.49. The van der Waals surface area contributed by atoms with Crippen LogP contribution in [-0.2, 0) is 13.6 Å². The summed E-state index contributed by atoms with van der Waals surface area (Å²) in [6.45, 7) is 3.15. The minimum Gasteiger partial charge on any atom is -0.497 e. The first-order valence-electron chi connectivity index (χ1n) is 10.1. The number of fused-ring (bicyclic) bond motifs is 1. The molecule has 4 rings (SSSR count). The molecule has 0 bridgehead atoms. The lowest BCUT2D eigenvalue weighted by molar-refractivity contribution is -0.158. The number of ether oxygens (including phenoxy) is 1. The second-order valence-corrected chi connectivity index (χ2v) is 7.61. The second kappa shape index (κ2) is 8.31. The predicted molar refractivity (Wildman–Crippen MR) is 116 cm³/mol. The van der Waals surface area contributed by atoms with Gasteiger partial charge in [0.1, 0.15) is 17.6 Å². The normalized spacial score (nSPS) is 13.0. The number of halogens is 3. The number of nitrogens with zero attached hydrogens (tertiary/aromatic N) is 4. The molecule has 0 amide bonds. The fourth-order valence-electron chi connectivity index (χ4n) is 4.00. The molecule has 0 aliphatic carbocycles. The van der Waals surface area contributed by atoms with Gasteiger partial charge in [-0.05, 0) is 50.2 Å². The number of aromatic nitrogens is 4. The fourth-order valence-corrected chi connectivity index (χ4v) is 4.00. The van der Waals surface area contributed by atoms with Crippen molar-refractivity contribution in [1.29, 1.82) is 0 Å². The molecule has 0 spiro atoms. The third kappa shape index (κ3) is 3.95. The number of aryl methyl sites for hydroxylation is 2. The highest BCUT2D eigenvalue weighted by atomic mass is 19.4. The molecule has 6 nitrogen and oxygen atoms in total. The Morgan fingerprint density at radius 2 is 1.75 bits per heavy atom. The van der Waals surface area contributed by atoms with E-state index >= 15 is 0 Å². The van der Waals surface area contributed by atoms with Crippen LogP contribution >= 0.6 is 0 Å². The summed E-state index contributed by atoms with van der Waals surface area (Å²) in [4.78, 5) is 4.61. The van der Waals surface area contributed by atoms with Crippen molar-refractivity contribution in [3.05, 3.63) is 71.3 Å². The summed E-state index contributed by atoms with van der Waals surface area (Å²) in [5.74, 6) is 1.17. The molecule has 0 unspecified atom stereocenters. The van der Waals surface area contributed by atoms with Gasteiger partial charge in [-0.25, -0.2) is 4.98 Å². The molecule has 2 heterocycles. The summed E-state index contributed by atoms with van der Waals surface area (Å²) in [5, 5.41) is 6.85. The van der Waals surface area contributed by atoms with Gasteiger partial charge in [-0.3, -0.25) is 14.6 Å². The minimum absolute atomic E-state index is 0.0847. The highest BCUT2D eigenvalue weighted by molar-refractivity contribution is 5.78. The van der Waals surface area contributed by atoms with Crippen molar-refractivity contribution in [2.45, 2.75) is 32.6 Å². The minimum atomic E-state index is -4.49. The van der Waals surface area contributed by atoms with Gasteiger partial charge in [-0.2, -0.15) is 18.3 Å². The van der Waals surface area contributed by atoms with Crippen molar-refractivity contribution in [2.75, 3.05) is 7.11 Å². The van der Waals surface area contributed by atoms with E-state index in [4.69, 9.17) is 4.74 Å². The Morgan fingerprint density at radius 1 is 1.06 bits per heavy atom. The molecule has 2 aromatic heterocycles. The first-order chi connectivity index (χ1) is 15.2. The van der Waals surface area contributed by atoms with Gasteiger partial charge < -0.3 is 4.74 Å². The van der Waals surface area contributed by atoms with Crippen molar-refractivity contribution < 1.29 is 17.9 Å². The number of alkyl halides is 3. The molecule has 0 saturated heterocycles. The van der Waals surface area contributed by atoms with Crippen LogP contribution in [0.4, 0.5) is 13.2 Å². The summed E-state index contributed by atoms with van der Waals surface area (Å²) in [6, 6.07) is 12.9. The highest BCUT2D eigenvalue weighted by Crippen LogP contribution is 2.36. The van der Waals surface area contributed by atoms with Gasteiger partial charge in [-0.15, -0.1) is 0 Å². The van der Waals surface area contributed by atoms with E-state index in [9.17, 15) is 13.2 Å². The van der Waals surface area contributed by atoms with Gasteiger partial charge in [0.05, 0.1) is 30.4 Å². The number of benzene rings is 2. The lowest BCUT2D eigenvalue weighted by Crippen LogP contribution is -2.35. The van der Waals surface area contributed by atoms with E-state index < -0.39 is 12.2 Å². The number of nitrogens with one attached hydrogen (secondary N) is 1.